The third-order valence-electron chi connectivity index (χ3n) is 6.94. The summed E-state index contributed by atoms with van der Waals surface area (Å²) in [7, 11) is 0. The monoisotopic (exact) mass is 418 g/mol. The van der Waals surface area contributed by atoms with Gasteiger partial charge in [-0.3, -0.25) is 14.3 Å². The number of ether oxygens (including phenoxy) is 2. The zero-order valence-corrected chi connectivity index (χ0v) is 18.3. The lowest BCUT2D eigenvalue weighted by Crippen LogP contribution is -2.52. The van der Waals surface area contributed by atoms with E-state index < -0.39 is 0 Å². The van der Waals surface area contributed by atoms with E-state index in [0.29, 0.717) is 25.3 Å². The van der Waals surface area contributed by atoms with Gasteiger partial charge in [-0.1, -0.05) is 0 Å². The average molecular weight is 419 g/mol. The molecule has 0 radical (unpaired) electrons. The van der Waals surface area contributed by atoms with Gasteiger partial charge in [0.15, 0.2) is 0 Å². The number of carbonyl (C=O) groups excluding carboxylic acids is 2. The molecule has 8 nitrogen and oxygen atoms in total. The molecular formula is C22H34N4O4. The molecular weight excluding hydrogens is 384 g/mol. The second-order valence-electron chi connectivity index (χ2n) is 8.80. The fraction of sp³-hybridized carbons (Fsp3) is 0.773. The number of piperidine rings is 1. The third-order valence-corrected chi connectivity index (χ3v) is 6.94. The van der Waals surface area contributed by atoms with E-state index in [1.807, 2.05) is 28.3 Å². The lowest BCUT2D eigenvalue weighted by molar-refractivity contribution is -0.161. The lowest BCUT2D eigenvalue weighted by Gasteiger charge is -2.46. The summed E-state index contributed by atoms with van der Waals surface area (Å²) in [6.07, 6.45) is 7.17. The van der Waals surface area contributed by atoms with Crippen LogP contribution in [-0.4, -0.2) is 82.5 Å². The van der Waals surface area contributed by atoms with Gasteiger partial charge in [0.05, 0.1) is 23.5 Å². The van der Waals surface area contributed by atoms with Crippen LogP contribution in [0.5, 0.6) is 0 Å². The maximum Gasteiger partial charge on any atom is 0.257 e. The van der Waals surface area contributed by atoms with Gasteiger partial charge in [-0.25, -0.2) is 0 Å². The number of carbonyl (C=O) groups is 2. The normalized spacial score (nSPS) is 23.9. The number of nitrogens with zero attached hydrogens (tertiary/aromatic N) is 4. The number of aromatic nitrogens is 2. The van der Waals surface area contributed by atoms with Crippen LogP contribution in [0.4, 0.5) is 0 Å². The van der Waals surface area contributed by atoms with Gasteiger partial charge >= 0.3 is 0 Å². The number of rotatable bonds is 5. The molecule has 1 spiro atoms. The fourth-order valence-electron chi connectivity index (χ4n) is 4.98. The molecule has 0 aromatic carbocycles. The van der Waals surface area contributed by atoms with E-state index in [-0.39, 0.29) is 30.1 Å². The van der Waals surface area contributed by atoms with Crippen molar-refractivity contribution in [1.29, 1.82) is 0 Å². The van der Waals surface area contributed by atoms with Gasteiger partial charge in [-0.15, -0.1) is 0 Å². The van der Waals surface area contributed by atoms with Crippen molar-refractivity contribution in [3.63, 3.8) is 0 Å². The summed E-state index contributed by atoms with van der Waals surface area (Å²) in [5.74, 6) is 0.165. The van der Waals surface area contributed by atoms with E-state index in [0.717, 1.165) is 63.9 Å². The topological polar surface area (TPSA) is 76.9 Å². The van der Waals surface area contributed by atoms with Crippen LogP contribution in [0.3, 0.4) is 0 Å². The summed E-state index contributed by atoms with van der Waals surface area (Å²) < 4.78 is 14.0. The van der Waals surface area contributed by atoms with Crippen LogP contribution in [0.1, 0.15) is 61.5 Å². The highest BCUT2D eigenvalue weighted by Gasteiger charge is 2.42. The highest BCUT2D eigenvalue weighted by Crippen LogP contribution is 2.36. The van der Waals surface area contributed by atoms with Crippen LogP contribution in [-0.2, 0) is 20.8 Å². The minimum Gasteiger partial charge on any atom is -0.375 e. The predicted octanol–water partition coefficient (Wildman–Crippen LogP) is 2.00. The zero-order valence-electron chi connectivity index (χ0n) is 18.3. The molecule has 3 fully saturated rings. The molecule has 30 heavy (non-hydrogen) atoms. The molecule has 1 unspecified atom stereocenters. The molecule has 3 aliphatic rings. The molecule has 2 amide bonds. The number of hydrogen-bond donors (Lipinski definition) is 0. The first-order valence-electron chi connectivity index (χ1n) is 11.4. The van der Waals surface area contributed by atoms with E-state index in [9.17, 15) is 9.59 Å². The van der Waals surface area contributed by atoms with Crippen molar-refractivity contribution in [2.24, 2.45) is 0 Å². The molecule has 3 aliphatic heterocycles. The Hall–Kier alpha value is -1.93. The summed E-state index contributed by atoms with van der Waals surface area (Å²) in [6.45, 7) is 8.63. The van der Waals surface area contributed by atoms with Crippen molar-refractivity contribution in [2.45, 2.75) is 70.6 Å². The molecule has 3 saturated heterocycles. The largest absolute Gasteiger partial charge is 0.375 e. The Morgan fingerprint density at radius 1 is 1.20 bits per heavy atom. The number of hydrogen-bond acceptors (Lipinski definition) is 5. The van der Waals surface area contributed by atoms with E-state index in [2.05, 4.69) is 5.10 Å². The van der Waals surface area contributed by atoms with Crippen LogP contribution in [0.25, 0.3) is 0 Å². The first kappa shape index (κ1) is 21.3. The molecule has 0 saturated carbocycles. The minimum absolute atomic E-state index is 0.0533. The maximum absolute atomic E-state index is 13.0. The van der Waals surface area contributed by atoms with Crippen LogP contribution in [0.2, 0.25) is 0 Å². The zero-order chi connectivity index (χ0) is 21.1. The second-order valence-corrected chi connectivity index (χ2v) is 8.80. The number of aryl methyl sites for hydroxylation is 1. The van der Waals surface area contributed by atoms with Crippen LogP contribution in [0, 0.1) is 6.92 Å². The Balaban J connectivity index is 1.29. The maximum atomic E-state index is 13.0. The summed E-state index contributed by atoms with van der Waals surface area (Å²) in [4.78, 5) is 29.1. The molecule has 0 bridgehead atoms. The number of likely N-dealkylation sites (tertiary alicyclic amines) is 2. The predicted molar refractivity (Wildman–Crippen MR) is 111 cm³/mol. The Morgan fingerprint density at radius 2 is 1.93 bits per heavy atom. The van der Waals surface area contributed by atoms with Crippen LogP contribution in [0.15, 0.2) is 6.20 Å². The molecule has 0 aliphatic carbocycles. The van der Waals surface area contributed by atoms with Crippen molar-refractivity contribution >= 4 is 11.8 Å². The van der Waals surface area contributed by atoms with E-state index in [1.54, 1.807) is 6.20 Å². The van der Waals surface area contributed by atoms with Gasteiger partial charge in [0.25, 0.3) is 5.91 Å². The first-order chi connectivity index (χ1) is 14.5. The Morgan fingerprint density at radius 3 is 2.60 bits per heavy atom. The highest BCUT2D eigenvalue weighted by atomic mass is 16.5. The standard InChI is InChI=1S/C22H34N4O4/c1-3-26-17(2)19(15-23-26)21(28)25-11-7-22(8-12-25)14-18(6-13-30-22)29-16-20(27)24-9-4-5-10-24/h15,18H,3-14,16H2,1-2H3. The van der Waals surface area contributed by atoms with E-state index >= 15 is 0 Å². The van der Waals surface area contributed by atoms with Gasteiger partial charge in [-0.05, 0) is 46.0 Å². The van der Waals surface area contributed by atoms with Crippen LogP contribution < -0.4 is 0 Å². The average Bonchev–Trinajstić information content (AvgIpc) is 3.42. The quantitative estimate of drug-likeness (QED) is 0.731. The molecule has 166 valence electrons. The van der Waals surface area contributed by atoms with Gasteiger partial charge in [0.1, 0.15) is 6.61 Å². The van der Waals surface area contributed by atoms with Gasteiger partial charge < -0.3 is 19.3 Å². The fourth-order valence-corrected chi connectivity index (χ4v) is 4.98. The molecule has 0 N–H and O–H groups in total. The number of amides is 2. The summed E-state index contributed by atoms with van der Waals surface area (Å²) in [6, 6.07) is 0. The lowest BCUT2D eigenvalue weighted by atomic mass is 9.83. The summed E-state index contributed by atoms with van der Waals surface area (Å²) >= 11 is 0. The smallest absolute Gasteiger partial charge is 0.257 e. The third kappa shape index (κ3) is 4.39. The Labute approximate surface area is 178 Å². The van der Waals surface area contributed by atoms with E-state index in [4.69, 9.17) is 9.47 Å². The van der Waals surface area contributed by atoms with Gasteiger partial charge in [-0.2, -0.15) is 5.10 Å². The van der Waals surface area contributed by atoms with Crippen molar-refractivity contribution in [3.05, 3.63) is 17.5 Å². The molecule has 8 heteroatoms. The van der Waals surface area contributed by atoms with Gasteiger partial charge in [0.2, 0.25) is 5.91 Å². The summed E-state index contributed by atoms with van der Waals surface area (Å²) in [5, 5.41) is 4.30. The minimum atomic E-state index is -0.237. The van der Waals surface area contributed by atoms with Gasteiger partial charge in [0, 0.05) is 51.4 Å². The van der Waals surface area contributed by atoms with Crippen molar-refractivity contribution < 1.29 is 19.1 Å². The molecule has 4 heterocycles. The SMILES string of the molecule is CCn1ncc(C(=O)N2CCC3(CC2)CC(OCC(=O)N2CCCC2)CCO3)c1C. The molecule has 4 rings (SSSR count). The highest BCUT2D eigenvalue weighted by molar-refractivity contribution is 5.95. The van der Waals surface area contributed by atoms with Crippen molar-refractivity contribution in [2.75, 3.05) is 39.4 Å². The van der Waals surface area contributed by atoms with Crippen molar-refractivity contribution in [1.82, 2.24) is 19.6 Å². The molecule has 1 aromatic heterocycles. The van der Waals surface area contributed by atoms with Crippen LogP contribution >= 0.6 is 0 Å². The molecule has 1 atom stereocenters. The summed E-state index contributed by atoms with van der Waals surface area (Å²) in [5.41, 5.74) is 1.38. The Bertz CT molecular complexity index is 763. The molecule has 1 aromatic rings. The Kier molecular flexibility index (Phi) is 6.43. The first-order valence-corrected chi connectivity index (χ1v) is 11.4. The second kappa shape index (κ2) is 9.06. The van der Waals surface area contributed by atoms with E-state index in [1.165, 1.54) is 0 Å². The van der Waals surface area contributed by atoms with Crippen molar-refractivity contribution in [3.8, 4) is 0 Å².